The second-order valence-corrected chi connectivity index (χ2v) is 5.17. The van der Waals surface area contributed by atoms with Gasteiger partial charge >= 0.3 is 0 Å². The second-order valence-electron chi connectivity index (χ2n) is 5.17. The molecule has 0 N–H and O–H groups in total. The van der Waals surface area contributed by atoms with Gasteiger partial charge in [-0.05, 0) is 36.2 Å². The van der Waals surface area contributed by atoms with Crippen molar-refractivity contribution < 1.29 is 4.39 Å². The maximum absolute atomic E-state index is 13.0. The van der Waals surface area contributed by atoms with Crippen LogP contribution in [0, 0.1) is 5.82 Å². The molecule has 2 aromatic carbocycles. The van der Waals surface area contributed by atoms with E-state index >= 15 is 0 Å². The first-order valence-electron chi connectivity index (χ1n) is 7.02. The third-order valence-corrected chi connectivity index (χ3v) is 3.69. The van der Waals surface area contributed by atoms with Gasteiger partial charge in [0.25, 0.3) is 0 Å². The number of nitrogens with zero attached hydrogens (tertiary/aromatic N) is 2. The molecule has 1 atom stereocenters. The number of halogens is 1. The lowest BCUT2D eigenvalue weighted by molar-refractivity contribution is 0.445. The molecule has 0 aliphatic carbocycles. The Morgan fingerprint density at radius 1 is 1.05 bits per heavy atom. The van der Waals surface area contributed by atoms with Crippen molar-refractivity contribution in [3.63, 3.8) is 0 Å². The standard InChI is InChI=1S/C17H18FN2/c18-15-6-8-17(9-7-15)20-11-10-19-16(13-20)12-14-4-2-1-3-5-14/h1-9,16H,10-13H2. The van der Waals surface area contributed by atoms with Crippen molar-refractivity contribution in [2.75, 3.05) is 24.5 Å². The zero-order valence-corrected chi connectivity index (χ0v) is 11.4. The highest BCUT2D eigenvalue weighted by Gasteiger charge is 2.20. The van der Waals surface area contributed by atoms with Crippen LogP contribution in [-0.4, -0.2) is 25.7 Å². The summed E-state index contributed by atoms with van der Waals surface area (Å²) in [5, 5.41) is 4.70. The Balaban J connectivity index is 1.66. The molecule has 103 valence electrons. The first-order valence-corrected chi connectivity index (χ1v) is 7.02. The van der Waals surface area contributed by atoms with Crippen LogP contribution in [0.1, 0.15) is 5.56 Å². The zero-order chi connectivity index (χ0) is 13.8. The molecule has 1 aliphatic heterocycles. The van der Waals surface area contributed by atoms with E-state index < -0.39 is 0 Å². The predicted octanol–water partition coefficient (Wildman–Crippen LogP) is 2.86. The van der Waals surface area contributed by atoms with E-state index in [-0.39, 0.29) is 5.82 Å². The molecule has 0 spiro atoms. The van der Waals surface area contributed by atoms with Gasteiger partial charge in [-0.25, -0.2) is 9.71 Å². The number of hydrogen-bond acceptors (Lipinski definition) is 1. The van der Waals surface area contributed by atoms with Gasteiger partial charge in [0, 0.05) is 31.4 Å². The molecule has 1 saturated heterocycles. The van der Waals surface area contributed by atoms with E-state index in [4.69, 9.17) is 5.32 Å². The van der Waals surface area contributed by atoms with Crippen LogP contribution in [0.5, 0.6) is 0 Å². The Bertz CT molecular complexity index is 539. The minimum atomic E-state index is -0.184. The average molecular weight is 269 g/mol. The molecule has 1 fully saturated rings. The molecule has 1 heterocycles. The fourth-order valence-electron chi connectivity index (χ4n) is 2.67. The van der Waals surface area contributed by atoms with Crippen LogP contribution in [0.2, 0.25) is 0 Å². The molecule has 2 aromatic rings. The van der Waals surface area contributed by atoms with Crippen LogP contribution < -0.4 is 10.2 Å². The fraction of sp³-hybridized carbons (Fsp3) is 0.294. The lowest BCUT2D eigenvalue weighted by Gasteiger charge is -2.34. The van der Waals surface area contributed by atoms with Crippen LogP contribution in [0.15, 0.2) is 54.6 Å². The van der Waals surface area contributed by atoms with E-state index in [1.165, 1.54) is 17.7 Å². The summed E-state index contributed by atoms with van der Waals surface area (Å²) in [5.41, 5.74) is 2.40. The Morgan fingerprint density at radius 3 is 2.55 bits per heavy atom. The van der Waals surface area contributed by atoms with Gasteiger partial charge in [-0.3, -0.25) is 0 Å². The van der Waals surface area contributed by atoms with Crippen molar-refractivity contribution in [2.45, 2.75) is 12.5 Å². The SMILES string of the molecule is Fc1ccc(N2CC[N]C(Cc3ccccc3)C2)cc1. The average Bonchev–Trinajstić information content (AvgIpc) is 2.49. The fourth-order valence-corrected chi connectivity index (χ4v) is 2.67. The summed E-state index contributed by atoms with van der Waals surface area (Å²) < 4.78 is 13.0. The van der Waals surface area contributed by atoms with Crippen molar-refractivity contribution in [1.82, 2.24) is 5.32 Å². The monoisotopic (exact) mass is 269 g/mol. The highest BCUT2D eigenvalue weighted by Crippen LogP contribution is 2.18. The molecule has 20 heavy (non-hydrogen) atoms. The Hall–Kier alpha value is -1.87. The molecule has 1 radical (unpaired) electrons. The quantitative estimate of drug-likeness (QED) is 0.837. The summed E-state index contributed by atoms with van der Waals surface area (Å²) in [7, 11) is 0. The molecule has 1 aliphatic rings. The van der Waals surface area contributed by atoms with E-state index in [0.717, 1.165) is 31.7 Å². The van der Waals surface area contributed by atoms with Crippen molar-refractivity contribution in [2.24, 2.45) is 0 Å². The van der Waals surface area contributed by atoms with E-state index in [9.17, 15) is 4.39 Å². The van der Waals surface area contributed by atoms with Gasteiger partial charge < -0.3 is 4.90 Å². The molecule has 0 amide bonds. The number of hydrogen-bond donors (Lipinski definition) is 0. The van der Waals surface area contributed by atoms with Gasteiger partial charge in [0.2, 0.25) is 0 Å². The normalized spacial score (nSPS) is 19.1. The van der Waals surface area contributed by atoms with Gasteiger partial charge in [-0.15, -0.1) is 0 Å². The van der Waals surface area contributed by atoms with Crippen LogP contribution in [0.4, 0.5) is 10.1 Å². The van der Waals surface area contributed by atoms with Gasteiger partial charge in [-0.2, -0.15) is 0 Å². The Morgan fingerprint density at radius 2 is 1.80 bits per heavy atom. The zero-order valence-electron chi connectivity index (χ0n) is 11.4. The number of piperazine rings is 1. The number of benzene rings is 2. The van der Waals surface area contributed by atoms with Crippen LogP contribution >= 0.6 is 0 Å². The van der Waals surface area contributed by atoms with Crippen LogP contribution in [-0.2, 0) is 6.42 Å². The maximum atomic E-state index is 13.0. The van der Waals surface area contributed by atoms with E-state index in [1.54, 1.807) is 0 Å². The minimum Gasteiger partial charge on any atom is -0.369 e. The second kappa shape index (κ2) is 6.06. The first kappa shape index (κ1) is 13.1. The first-order chi connectivity index (χ1) is 9.81. The highest BCUT2D eigenvalue weighted by atomic mass is 19.1. The van der Waals surface area contributed by atoms with E-state index in [1.807, 2.05) is 18.2 Å². The Kier molecular flexibility index (Phi) is 3.97. The molecule has 0 aromatic heterocycles. The van der Waals surface area contributed by atoms with Crippen molar-refractivity contribution in [3.05, 3.63) is 66.0 Å². The molecule has 0 bridgehead atoms. The summed E-state index contributed by atoms with van der Waals surface area (Å²) >= 11 is 0. The molecule has 3 heteroatoms. The lowest BCUT2D eigenvalue weighted by atomic mass is 10.0. The lowest BCUT2D eigenvalue weighted by Crippen LogP contribution is -2.48. The smallest absolute Gasteiger partial charge is 0.123 e. The van der Waals surface area contributed by atoms with Gasteiger partial charge in [0.1, 0.15) is 5.82 Å². The van der Waals surface area contributed by atoms with Crippen LogP contribution in [0.25, 0.3) is 0 Å². The molecule has 2 nitrogen and oxygen atoms in total. The molecule has 0 saturated carbocycles. The van der Waals surface area contributed by atoms with E-state index in [0.29, 0.717) is 6.04 Å². The summed E-state index contributed by atoms with van der Waals surface area (Å²) in [6.45, 7) is 2.66. The van der Waals surface area contributed by atoms with Crippen molar-refractivity contribution in [1.29, 1.82) is 0 Å². The Labute approximate surface area is 119 Å². The third-order valence-electron chi connectivity index (χ3n) is 3.69. The van der Waals surface area contributed by atoms with Gasteiger partial charge in [0.15, 0.2) is 0 Å². The van der Waals surface area contributed by atoms with E-state index in [2.05, 4.69) is 29.2 Å². The summed E-state index contributed by atoms with van der Waals surface area (Å²) in [5.74, 6) is -0.184. The maximum Gasteiger partial charge on any atom is 0.123 e. The third kappa shape index (κ3) is 3.17. The summed E-state index contributed by atoms with van der Waals surface area (Å²) in [4.78, 5) is 2.29. The molecular weight excluding hydrogens is 251 g/mol. The van der Waals surface area contributed by atoms with Crippen molar-refractivity contribution >= 4 is 5.69 Å². The topological polar surface area (TPSA) is 17.3 Å². The van der Waals surface area contributed by atoms with Crippen molar-refractivity contribution in [3.8, 4) is 0 Å². The molecule has 3 rings (SSSR count). The van der Waals surface area contributed by atoms with Crippen LogP contribution in [0.3, 0.4) is 0 Å². The summed E-state index contributed by atoms with van der Waals surface area (Å²) in [6.07, 6.45) is 0.971. The number of anilines is 1. The minimum absolute atomic E-state index is 0.184. The highest BCUT2D eigenvalue weighted by molar-refractivity contribution is 5.47. The molecular formula is C17H18FN2. The van der Waals surface area contributed by atoms with Gasteiger partial charge in [0.05, 0.1) is 0 Å². The molecule has 1 unspecified atom stereocenters. The summed E-state index contributed by atoms with van der Waals surface area (Å²) in [6, 6.07) is 17.5. The predicted molar refractivity (Wildman–Crippen MR) is 79.5 cm³/mol. The number of rotatable bonds is 3. The van der Waals surface area contributed by atoms with Gasteiger partial charge in [-0.1, -0.05) is 30.3 Å². The largest absolute Gasteiger partial charge is 0.369 e.